The van der Waals surface area contributed by atoms with Crippen LogP contribution in [0.4, 0.5) is 13.2 Å². The zero-order valence-corrected chi connectivity index (χ0v) is 18.7. The summed E-state index contributed by atoms with van der Waals surface area (Å²) in [6.45, 7) is 5.10. The third-order valence-corrected chi connectivity index (χ3v) is 5.31. The minimum atomic E-state index is -5.08. The molecule has 0 aliphatic carbocycles. The second-order valence-electron chi connectivity index (χ2n) is 7.95. The topological polar surface area (TPSA) is 106 Å². The van der Waals surface area contributed by atoms with E-state index in [9.17, 15) is 18.0 Å². The minimum absolute atomic E-state index is 0.0399. The highest BCUT2D eigenvalue weighted by Crippen LogP contribution is 2.24. The molecule has 0 aromatic carbocycles. The van der Waals surface area contributed by atoms with Crippen LogP contribution >= 0.6 is 0 Å². The normalized spacial score (nSPS) is 15.9. The van der Waals surface area contributed by atoms with E-state index in [1.54, 1.807) is 0 Å². The Morgan fingerprint density at radius 3 is 2.59 bits per heavy atom. The number of aryl methyl sites for hydroxylation is 2. The number of aromatic nitrogens is 3. The SMILES string of the molecule is Cc1ccc(CN2Cc3ccnn3C(CCNC(=O)c3cccn3C)C2)o1.O=C(O)C(F)(F)F. The smallest absolute Gasteiger partial charge is 0.475 e. The van der Waals surface area contributed by atoms with Crippen molar-refractivity contribution in [3.8, 4) is 0 Å². The van der Waals surface area contributed by atoms with Gasteiger partial charge in [-0.05, 0) is 43.7 Å². The van der Waals surface area contributed by atoms with E-state index in [0.717, 1.165) is 37.6 Å². The standard InChI is InChI=1S/C20H25N5O2.C2HF3O2/c1-15-5-6-18(27-15)14-24-12-16(25-17(13-24)8-10-22-25)7-9-21-20(26)19-4-3-11-23(19)2;3-2(4,5)1(6)7/h3-6,8,10-11,16H,7,9,12-14H2,1-2H3,(H,21,26);(H,6,7). The zero-order chi connectivity index (χ0) is 24.9. The number of nitrogens with one attached hydrogen (secondary N) is 1. The number of hydrogen-bond acceptors (Lipinski definition) is 5. The van der Waals surface area contributed by atoms with Gasteiger partial charge in [0.25, 0.3) is 5.91 Å². The molecule has 12 heteroatoms. The van der Waals surface area contributed by atoms with Crippen LogP contribution in [0.1, 0.15) is 40.2 Å². The van der Waals surface area contributed by atoms with Gasteiger partial charge in [0.05, 0.1) is 18.3 Å². The molecule has 4 heterocycles. The molecule has 0 bridgehead atoms. The van der Waals surface area contributed by atoms with Gasteiger partial charge in [0.15, 0.2) is 0 Å². The number of fused-ring (bicyclic) bond motifs is 1. The first-order valence-corrected chi connectivity index (χ1v) is 10.5. The molecule has 0 saturated carbocycles. The lowest BCUT2D eigenvalue weighted by Crippen LogP contribution is -2.39. The number of nitrogens with zero attached hydrogens (tertiary/aromatic N) is 4. The fourth-order valence-electron chi connectivity index (χ4n) is 3.73. The highest BCUT2D eigenvalue weighted by Gasteiger charge is 2.38. The predicted molar refractivity (Wildman–Crippen MR) is 115 cm³/mol. The molecule has 0 spiro atoms. The molecule has 3 aromatic heterocycles. The van der Waals surface area contributed by atoms with Crippen molar-refractivity contribution in [3.05, 3.63) is 65.6 Å². The van der Waals surface area contributed by atoms with E-state index in [2.05, 4.69) is 26.1 Å². The summed E-state index contributed by atoms with van der Waals surface area (Å²) >= 11 is 0. The number of hydrogen-bond donors (Lipinski definition) is 2. The van der Waals surface area contributed by atoms with E-state index >= 15 is 0 Å². The number of carbonyl (C=O) groups is 2. The van der Waals surface area contributed by atoms with Gasteiger partial charge in [-0.15, -0.1) is 0 Å². The van der Waals surface area contributed by atoms with E-state index in [-0.39, 0.29) is 11.9 Å². The molecule has 0 saturated heterocycles. The Labute approximate surface area is 193 Å². The predicted octanol–water partition coefficient (Wildman–Crippen LogP) is 3.13. The molecule has 1 atom stereocenters. The summed E-state index contributed by atoms with van der Waals surface area (Å²) in [6, 6.07) is 10.0. The van der Waals surface area contributed by atoms with Gasteiger partial charge in [-0.1, -0.05) is 0 Å². The molecule has 184 valence electrons. The maximum absolute atomic E-state index is 12.3. The summed E-state index contributed by atoms with van der Waals surface area (Å²) < 4.78 is 41.4. The summed E-state index contributed by atoms with van der Waals surface area (Å²) in [5, 5.41) is 14.6. The Morgan fingerprint density at radius 2 is 2.00 bits per heavy atom. The third kappa shape index (κ3) is 6.50. The van der Waals surface area contributed by atoms with Gasteiger partial charge in [-0.2, -0.15) is 18.3 Å². The quantitative estimate of drug-likeness (QED) is 0.561. The highest BCUT2D eigenvalue weighted by atomic mass is 19.4. The molecule has 1 aliphatic heterocycles. The van der Waals surface area contributed by atoms with Crippen molar-refractivity contribution in [2.75, 3.05) is 13.1 Å². The van der Waals surface area contributed by atoms with Crippen molar-refractivity contribution in [2.45, 2.75) is 38.7 Å². The first kappa shape index (κ1) is 25.1. The molecule has 3 aromatic rings. The van der Waals surface area contributed by atoms with Crippen LogP contribution in [-0.2, 0) is 24.9 Å². The Hall–Kier alpha value is -3.54. The van der Waals surface area contributed by atoms with Gasteiger partial charge in [-0.25, -0.2) is 4.79 Å². The Kier molecular flexibility index (Phi) is 7.82. The van der Waals surface area contributed by atoms with Gasteiger partial charge >= 0.3 is 12.1 Å². The highest BCUT2D eigenvalue weighted by molar-refractivity contribution is 5.92. The number of aliphatic carboxylic acids is 1. The van der Waals surface area contributed by atoms with Crippen LogP contribution in [0.5, 0.6) is 0 Å². The van der Waals surface area contributed by atoms with E-state index in [0.29, 0.717) is 12.2 Å². The summed E-state index contributed by atoms with van der Waals surface area (Å²) in [4.78, 5) is 23.6. The summed E-state index contributed by atoms with van der Waals surface area (Å²) in [5.74, 6) is -0.877. The van der Waals surface area contributed by atoms with E-state index in [1.807, 2.05) is 55.2 Å². The molecular weight excluding hydrogens is 455 g/mol. The van der Waals surface area contributed by atoms with Crippen molar-refractivity contribution in [2.24, 2.45) is 7.05 Å². The summed E-state index contributed by atoms with van der Waals surface area (Å²) in [6.07, 6.45) is -0.524. The first-order chi connectivity index (χ1) is 16.0. The molecule has 9 nitrogen and oxygen atoms in total. The molecule has 34 heavy (non-hydrogen) atoms. The molecule has 1 aliphatic rings. The largest absolute Gasteiger partial charge is 0.490 e. The third-order valence-electron chi connectivity index (χ3n) is 5.31. The van der Waals surface area contributed by atoms with Crippen molar-refractivity contribution in [1.29, 1.82) is 0 Å². The van der Waals surface area contributed by atoms with Crippen LogP contribution in [0.3, 0.4) is 0 Å². The molecule has 0 radical (unpaired) electrons. The average molecular weight is 481 g/mol. The number of carbonyl (C=O) groups excluding carboxylic acids is 1. The van der Waals surface area contributed by atoms with Crippen molar-refractivity contribution >= 4 is 11.9 Å². The lowest BCUT2D eigenvalue weighted by molar-refractivity contribution is -0.192. The number of amides is 1. The van der Waals surface area contributed by atoms with Crippen LogP contribution in [0.15, 0.2) is 47.1 Å². The molecule has 4 rings (SSSR count). The number of rotatable bonds is 6. The van der Waals surface area contributed by atoms with Gasteiger partial charge in [0.1, 0.15) is 17.2 Å². The van der Waals surface area contributed by atoms with Gasteiger partial charge in [-0.3, -0.25) is 14.4 Å². The monoisotopic (exact) mass is 481 g/mol. The number of alkyl halides is 3. The number of furan rings is 1. The second kappa shape index (κ2) is 10.6. The van der Waals surface area contributed by atoms with Crippen LogP contribution in [0, 0.1) is 6.92 Å². The van der Waals surface area contributed by atoms with E-state index in [1.165, 1.54) is 5.69 Å². The summed E-state index contributed by atoms with van der Waals surface area (Å²) in [7, 11) is 1.88. The molecule has 0 fully saturated rings. The number of carboxylic acids is 1. The van der Waals surface area contributed by atoms with Crippen LogP contribution in [-0.4, -0.2) is 55.5 Å². The van der Waals surface area contributed by atoms with Crippen molar-refractivity contribution in [1.82, 2.24) is 24.6 Å². The van der Waals surface area contributed by atoms with Crippen LogP contribution < -0.4 is 5.32 Å². The van der Waals surface area contributed by atoms with Crippen LogP contribution in [0.25, 0.3) is 0 Å². The van der Waals surface area contributed by atoms with Crippen molar-refractivity contribution in [3.63, 3.8) is 0 Å². The van der Waals surface area contributed by atoms with Gasteiger partial charge in [0.2, 0.25) is 0 Å². The molecule has 1 amide bonds. The molecule has 2 N–H and O–H groups in total. The average Bonchev–Trinajstić information content (AvgIpc) is 3.49. The summed E-state index contributed by atoms with van der Waals surface area (Å²) in [5.41, 5.74) is 1.87. The maximum atomic E-state index is 12.3. The number of halogens is 3. The van der Waals surface area contributed by atoms with E-state index < -0.39 is 12.1 Å². The van der Waals surface area contributed by atoms with Gasteiger partial charge < -0.3 is 19.4 Å². The maximum Gasteiger partial charge on any atom is 0.490 e. The molecule has 1 unspecified atom stereocenters. The number of carboxylic acid groups (broad SMARTS) is 1. The molecular formula is C22H26F3N5O4. The lowest BCUT2D eigenvalue weighted by atomic mass is 10.1. The first-order valence-electron chi connectivity index (χ1n) is 10.5. The lowest BCUT2D eigenvalue weighted by Gasteiger charge is -2.33. The van der Waals surface area contributed by atoms with Crippen LogP contribution in [0.2, 0.25) is 0 Å². The minimum Gasteiger partial charge on any atom is -0.475 e. The fraction of sp³-hybridized carbons (Fsp3) is 0.409. The van der Waals surface area contributed by atoms with E-state index in [4.69, 9.17) is 14.3 Å². The Balaban J connectivity index is 0.000000406. The van der Waals surface area contributed by atoms with Gasteiger partial charge in [0, 0.05) is 39.1 Å². The second-order valence-corrected chi connectivity index (χ2v) is 7.95. The Morgan fingerprint density at radius 1 is 1.26 bits per heavy atom. The zero-order valence-electron chi connectivity index (χ0n) is 18.7. The fourth-order valence-corrected chi connectivity index (χ4v) is 3.73. The Bertz CT molecular complexity index is 1120. The van der Waals surface area contributed by atoms with Crippen molar-refractivity contribution < 1.29 is 32.3 Å².